The highest BCUT2D eigenvalue weighted by molar-refractivity contribution is 5.07. The second-order valence-electron chi connectivity index (χ2n) is 4.61. The summed E-state index contributed by atoms with van der Waals surface area (Å²) in [5, 5.41) is 10.1. The molecule has 1 aromatic heterocycles. The van der Waals surface area contributed by atoms with Crippen LogP contribution in [0.5, 0.6) is 0 Å². The second-order valence-corrected chi connectivity index (χ2v) is 4.61. The third kappa shape index (κ3) is 3.56. The lowest BCUT2D eigenvalue weighted by atomic mass is 10.0. The van der Waals surface area contributed by atoms with Gasteiger partial charge in [0.25, 0.3) is 0 Å². The molecule has 1 saturated heterocycles. The highest BCUT2D eigenvalue weighted by Crippen LogP contribution is 2.14. The van der Waals surface area contributed by atoms with Gasteiger partial charge in [-0.15, -0.1) is 0 Å². The molecule has 0 aliphatic carbocycles. The first-order valence-electron chi connectivity index (χ1n) is 6.32. The third-order valence-corrected chi connectivity index (χ3v) is 3.17. The van der Waals surface area contributed by atoms with E-state index in [-0.39, 0.29) is 6.10 Å². The molecule has 0 amide bonds. The average Bonchev–Trinajstić information content (AvgIpc) is 2.83. The molecule has 0 spiro atoms. The maximum atomic E-state index is 10.1. The van der Waals surface area contributed by atoms with Gasteiger partial charge in [-0.25, -0.2) is 0 Å². The molecule has 0 bridgehead atoms. The van der Waals surface area contributed by atoms with Gasteiger partial charge in [0.05, 0.1) is 31.3 Å². The van der Waals surface area contributed by atoms with E-state index in [9.17, 15) is 5.11 Å². The van der Waals surface area contributed by atoms with Gasteiger partial charge in [0.2, 0.25) is 0 Å². The molecule has 2 atom stereocenters. The Labute approximate surface area is 102 Å². The predicted octanol–water partition coefficient (Wildman–Crippen LogP) is 1.29. The standard InChI is InChI=1S/C13H21NO3/c1-2-4-14-5-7-17-13(9-14)12(15)8-11-3-6-16-10-11/h3,6,10,12-13,15H,2,4-5,7-9H2,1H3. The van der Waals surface area contributed by atoms with Crippen molar-refractivity contribution in [2.75, 3.05) is 26.2 Å². The van der Waals surface area contributed by atoms with Crippen LogP contribution < -0.4 is 0 Å². The van der Waals surface area contributed by atoms with Crippen LogP contribution in [0.4, 0.5) is 0 Å². The minimum Gasteiger partial charge on any atom is -0.472 e. The van der Waals surface area contributed by atoms with Gasteiger partial charge < -0.3 is 14.3 Å². The summed E-state index contributed by atoms with van der Waals surface area (Å²) in [7, 11) is 0. The van der Waals surface area contributed by atoms with Gasteiger partial charge in [-0.05, 0) is 24.6 Å². The molecule has 17 heavy (non-hydrogen) atoms. The minimum atomic E-state index is -0.452. The quantitative estimate of drug-likeness (QED) is 0.841. The third-order valence-electron chi connectivity index (χ3n) is 3.17. The van der Waals surface area contributed by atoms with Gasteiger partial charge in [-0.3, -0.25) is 4.90 Å². The summed E-state index contributed by atoms with van der Waals surface area (Å²) in [5.74, 6) is 0. The molecule has 96 valence electrons. The lowest BCUT2D eigenvalue weighted by Gasteiger charge is -2.35. The molecule has 4 heteroatoms. The molecule has 0 aromatic carbocycles. The van der Waals surface area contributed by atoms with E-state index in [0.29, 0.717) is 13.0 Å². The summed E-state index contributed by atoms with van der Waals surface area (Å²) in [4.78, 5) is 2.35. The van der Waals surface area contributed by atoms with Crippen molar-refractivity contribution in [1.82, 2.24) is 4.90 Å². The van der Waals surface area contributed by atoms with E-state index in [4.69, 9.17) is 9.15 Å². The van der Waals surface area contributed by atoms with Gasteiger partial charge >= 0.3 is 0 Å². The average molecular weight is 239 g/mol. The predicted molar refractivity (Wildman–Crippen MR) is 64.9 cm³/mol. The van der Waals surface area contributed by atoms with Crippen molar-refractivity contribution in [3.63, 3.8) is 0 Å². The summed E-state index contributed by atoms with van der Waals surface area (Å²) >= 11 is 0. The smallest absolute Gasteiger partial charge is 0.0964 e. The molecule has 1 aliphatic rings. The van der Waals surface area contributed by atoms with Gasteiger partial charge in [-0.1, -0.05) is 6.92 Å². The molecule has 1 aliphatic heterocycles. The van der Waals surface area contributed by atoms with Crippen molar-refractivity contribution in [2.45, 2.75) is 32.0 Å². The Bertz CT molecular complexity index is 310. The van der Waals surface area contributed by atoms with Crippen molar-refractivity contribution < 1.29 is 14.3 Å². The number of hydrogen-bond donors (Lipinski definition) is 1. The van der Waals surface area contributed by atoms with E-state index >= 15 is 0 Å². The lowest BCUT2D eigenvalue weighted by Crippen LogP contribution is -2.48. The minimum absolute atomic E-state index is 0.0785. The van der Waals surface area contributed by atoms with Crippen molar-refractivity contribution >= 4 is 0 Å². The van der Waals surface area contributed by atoms with E-state index in [2.05, 4.69) is 11.8 Å². The zero-order chi connectivity index (χ0) is 12.1. The number of nitrogens with zero attached hydrogens (tertiary/aromatic N) is 1. The Morgan fingerprint density at radius 1 is 1.59 bits per heavy atom. The largest absolute Gasteiger partial charge is 0.472 e. The van der Waals surface area contributed by atoms with Crippen molar-refractivity contribution in [1.29, 1.82) is 0 Å². The topological polar surface area (TPSA) is 45.8 Å². The zero-order valence-electron chi connectivity index (χ0n) is 10.3. The fourth-order valence-corrected chi connectivity index (χ4v) is 2.27. The molecule has 2 unspecified atom stereocenters. The Kier molecular flexibility index (Phi) is 4.59. The Morgan fingerprint density at radius 3 is 3.18 bits per heavy atom. The number of rotatable bonds is 5. The Morgan fingerprint density at radius 2 is 2.47 bits per heavy atom. The van der Waals surface area contributed by atoms with Crippen molar-refractivity contribution in [2.24, 2.45) is 0 Å². The highest BCUT2D eigenvalue weighted by Gasteiger charge is 2.26. The molecule has 0 radical (unpaired) electrons. The summed E-state index contributed by atoms with van der Waals surface area (Å²) in [6.45, 7) is 5.77. The van der Waals surface area contributed by atoms with Crippen molar-refractivity contribution in [3.05, 3.63) is 24.2 Å². The zero-order valence-corrected chi connectivity index (χ0v) is 10.3. The first kappa shape index (κ1) is 12.6. The van der Waals surface area contributed by atoms with Crippen molar-refractivity contribution in [3.8, 4) is 0 Å². The maximum absolute atomic E-state index is 10.1. The monoisotopic (exact) mass is 239 g/mol. The van der Waals surface area contributed by atoms with E-state index in [0.717, 1.165) is 31.6 Å². The number of ether oxygens (including phenoxy) is 1. The molecular formula is C13H21NO3. The number of hydrogen-bond acceptors (Lipinski definition) is 4. The van der Waals surface area contributed by atoms with Gasteiger partial charge in [0.15, 0.2) is 0 Å². The highest BCUT2D eigenvalue weighted by atomic mass is 16.5. The van der Waals surface area contributed by atoms with Crippen LogP contribution in [0.1, 0.15) is 18.9 Å². The van der Waals surface area contributed by atoms with E-state index < -0.39 is 6.10 Å². The van der Waals surface area contributed by atoms with Gasteiger partial charge in [-0.2, -0.15) is 0 Å². The first-order chi connectivity index (χ1) is 8.29. The van der Waals surface area contributed by atoms with E-state index in [1.165, 1.54) is 0 Å². The summed E-state index contributed by atoms with van der Waals surface area (Å²) in [6, 6.07) is 1.88. The molecule has 2 heterocycles. The first-order valence-corrected chi connectivity index (χ1v) is 6.32. The Balaban J connectivity index is 1.84. The van der Waals surface area contributed by atoms with Gasteiger partial charge in [0, 0.05) is 19.5 Å². The molecule has 2 rings (SSSR count). The van der Waals surface area contributed by atoms with Crippen LogP contribution in [0.25, 0.3) is 0 Å². The number of aliphatic hydroxyl groups excluding tert-OH is 1. The molecule has 1 fully saturated rings. The fourth-order valence-electron chi connectivity index (χ4n) is 2.27. The van der Waals surface area contributed by atoms with Gasteiger partial charge in [0.1, 0.15) is 0 Å². The number of morpholine rings is 1. The van der Waals surface area contributed by atoms with Crippen LogP contribution in [0.2, 0.25) is 0 Å². The number of aliphatic hydroxyl groups is 1. The normalized spacial score (nSPS) is 23.8. The molecular weight excluding hydrogens is 218 g/mol. The molecule has 0 saturated carbocycles. The lowest BCUT2D eigenvalue weighted by molar-refractivity contribution is -0.0877. The van der Waals surface area contributed by atoms with Crippen LogP contribution in [-0.2, 0) is 11.2 Å². The van der Waals surface area contributed by atoms with E-state index in [1.807, 2.05) is 6.07 Å². The number of furan rings is 1. The fraction of sp³-hybridized carbons (Fsp3) is 0.692. The SMILES string of the molecule is CCCN1CCOC(C(O)Cc2ccoc2)C1. The summed E-state index contributed by atoms with van der Waals surface area (Å²) < 4.78 is 10.6. The second kappa shape index (κ2) is 6.19. The summed E-state index contributed by atoms with van der Waals surface area (Å²) in [5.41, 5.74) is 1.02. The van der Waals surface area contributed by atoms with Crippen LogP contribution in [0.3, 0.4) is 0 Å². The van der Waals surface area contributed by atoms with Crippen LogP contribution >= 0.6 is 0 Å². The molecule has 1 aromatic rings. The van der Waals surface area contributed by atoms with Crippen LogP contribution in [-0.4, -0.2) is 48.5 Å². The van der Waals surface area contributed by atoms with Crippen LogP contribution in [0, 0.1) is 0 Å². The molecule has 1 N–H and O–H groups in total. The maximum Gasteiger partial charge on any atom is 0.0964 e. The van der Waals surface area contributed by atoms with Crippen LogP contribution in [0.15, 0.2) is 23.0 Å². The molecule has 4 nitrogen and oxygen atoms in total. The Hall–Kier alpha value is -0.840. The van der Waals surface area contributed by atoms with E-state index in [1.54, 1.807) is 12.5 Å². The summed E-state index contributed by atoms with van der Waals surface area (Å²) in [6.07, 6.45) is 4.52.